The van der Waals surface area contributed by atoms with Gasteiger partial charge in [-0.15, -0.1) is 0 Å². The lowest BCUT2D eigenvalue weighted by atomic mass is 10.3. The van der Waals surface area contributed by atoms with Crippen molar-refractivity contribution in [3.63, 3.8) is 0 Å². The first-order valence-electron chi connectivity index (χ1n) is 8.61. The van der Waals surface area contributed by atoms with Crippen molar-refractivity contribution in [2.45, 2.75) is 0 Å². The van der Waals surface area contributed by atoms with Crippen LogP contribution in [0.1, 0.15) is 0 Å². The Kier molecular flexibility index (Phi) is 6.25. The quantitative estimate of drug-likeness (QED) is 0.533. The zero-order chi connectivity index (χ0) is 21.0. The van der Waals surface area contributed by atoms with E-state index in [0.717, 1.165) is 11.0 Å². The zero-order valence-electron chi connectivity index (χ0n) is 16.4. The summed E-state index contributed by atoms with van der Waals surface area (Å²) in [5.74, 6) is 1.51. The van der Waals surface area contributed by atoms with Crippen LogP contribution in [-0.2, 0) is 4.57 Å². The molecule has 0 radical (unpaired) electrons. The van der Waals surface area contributed by atoms with E-state index in [9.17, 15) is 4.57 Å². The minimum absolute atomic E-state index is 0.311. The number of benzene rings is 1. The fourth-order valence-corrected chi connectivity index (χ4v) is 3.47. The summed E-state index contributed by atoms with van der Waals surface area (Å²) < 4.78 is 22.5. The van der Waals surface area contributed by atoms with E-state index in [1.165, 1.54) is 20.4 Å². The van der Waals surface area contributed by atoms with Crippen LogP contribution in [0, 0.1) is 0 Å². The smallest absolute Gasteiger partial charge is 0.240 e. The van der Waals surface area contributed by atoms with Crippen LogP contribution in [0.15, 0.2) is 42.6 Å². The van der Waals surface area contributed by atoms with Gasteiger partial charge in [0.1, 0.15) is 17.9 Å². The van der Waals surface area contributed by atoms with Gasteiger partial charge in [0.2, 0.25) is 17.7 Å². The third-order valence-corrected chi connectivity index (χ3v) is 5.80. The van der Waals surface area contributed by atoms with Crippen LogP contribution in [0.25, 0.3) is 0 Å². The minimum atomic E-state index is -2.31. The Morgan fingerprint density at radius 1 is 0.966 bits per heavy atom. The lowest BCUT2D eigenvalue weighted by molar-refractivity contribution is 0.366. The van der Waals surface area contributed by atoms with E-state index < -0.39 is 7.14 Å². The lowest BCUT2D eigenvalue weighted by Crippen LogP contribution is -2.05. The molecule has 0 aliphatic carbocycles. The number of pyridine rings is 1. The van der Waals surface area contributed by atoms with E-state index >= 15 is 0 Å². The van der Waals surface area contributed by atoms with E-state index in [-0.39, 0.29) is 0 Å². The van der Waals surface area contributed by atoms with Gasteiger partial charge in [0, 0.05) is 17.1 Å². The normalized spacial score (nSPS) is 11.1. The van der Waals surface area contributed by atoms with Gasteiger partial charge in [0.05, 0.1) is 20.4 Å². The number of hydrogen-bond donors (Lipinski definition) is 2. The largest absolute Gasteiger partial charge is 0.481 e. The van der Waals surface area contributed by atoms with Gasteiger partial charge in [-0.2, -0.15) is 9.97 Å². The van der Waals surface area contributed by atoms with Crippen LogP contribution in [0.4, 0.5) is 23.1 Å². The lowest BCUT2D eigenvalue weighted by Gasteiger charge is -2.13. The molecular weight excluding hydrogens is 413 g/mol. The highest BCUT2D eigenvalue weighted by Crippen LogP contribution is 2.35. The maximum absolute atomic E-state index is 12.2. The molecular formula is C19H21ClN5O3P. The monoisotopic (exact) mass is 433 g/mol. The maximum Gasteiger partial charge on any atom is 0.240 e. The SMILES string of the molecule is COc1ccc(Nc2ncc(Cl)c(Nc3ccc(P(C)(C)=O)cc3)n2)c(OC)n1. The predicted octanol–water partition coefficient (Wildman–Crippen LogP) is 4.28. The molecule has 0 amide bonds. The Morgan fingerprint density at radius 2 is 1.69 bits per heavy atom. The minimum Gasteiger partial charge on any atom is -0.481 e. The molecule has 0 unspecified atom stereocenters. The molecule has 0 aliphatic heterocycles. The number of nitrogens with one attached hydrogen (secondary N) is 2. The highest BCUT2D eigenvalue weighted by atomic mass is 35.5. The summed E-state index contributed by atoms with van der Waals surface area (Å²) in [7, 11) is 0.734. The van der Waals surface area contributed by atoms with E-state index in [1.807, 2.05) is 24.3 Å². The van der Waals surface area contributed by atoms with Crippen LogP contribution in [0.5, 0.6) is 11.8 Å². The van der Waals surface area contributed by atoms with Crippen molar-refractivity contribution in [1.29, 1.82) is 0 Å². The fraction of sp³-hybridized carbons (Fsp3) is 0.211. The Labute approximate surface area is 174 Å². The molecule has 0 aliphatic rings. The average molecular weight is 434 g/mol. The molecule has 0 saturated carbocycles. The summed E-state index contributed by atoms with van der Waals surface area (Å²) in [6.45, 7) is 3.47. The molecule has 0 bridgehead atoms. The maximum atomic E-state index is 12.2. The number of ether oxygens (including phenoxy) is 2. The molecule has 1 aromatic carbocycles. The molecule has 2 heterocycles. The molecule has 0 spiro atoms. The second-order valence-electron chi connectivity index (χ2n) is 6.45. The van der Waals surface area contributed by atoms with Crippen molar-refractivity contribution in [1.82, 2.24) is 15.0 Å². The van der Waals surface area contributed by atoms with Gasteiger partial charge in [-0.25, -0.2) is 4.98 Å². The second-order valence-corrected chi connectivity index (χ2v) is 10.1. The summed E-state index contributed by atoms with van der Waals surface area (Å²) in [5.41, 5.74) is 1.34. The van der Waals surface area contributed by atoms with Crippen LogP contribution in [-0.4, -0.2) is 42.5 Å². The Morgan fingerprint density at radius 3 is 2.31 bits per heavy atom. The molecule has 2 N–H and O–H groups in total. The summed E-state index contributed by atoms with van der Waals surface area (Å²) in [4.78, 5) is 12.8. The molecule has 8 nitrogen and oxygen atoms in total. The first-order valence-corrected chi connectivity index (χ1v) is 11.6. The van der Waals surface area contributed by atoms with E-state index in [0.29, 0.717) is 34.2 Å². The van der Waals surface area contributed by atoms with Gasteiger partial charge in [0.15, 0.2) is 5.82 Å². The average Bonchev–Trinajstić information content (AvgIpc) is 2.70. The first kappa shape index (κ1) is 20.9. The molecule has 29 heavy (non-hydrogen) atoms. The van der Waals surface area contributed by atoms with Gasteiger partial charge in [-0.3, -0.25) is 0 Å². The van der Waals surface area contributed by atoms with E-state index in [1.54, 1.807) is 25.5 Å². The van der Waals surface area contributed by atoms with Crippen molar-refractivity contribution < 1.29 is 14.0 Å². The van der Waals surface area contributed by atoms with E-state index in [4.69, 9.17) is 21.1 Å². The molecule has 10 heteroatoms. The third kappa shape index (κ3) is 5.16. The molecule has 152 valence electrons. The molecule has 0 saturated heterocycles. The van der Waals surface area contributed by atoms with Crippen molar-refractivity contribution in [2.24, 2.45) is 0 Å². The van der Waals surface area contributed by atoms with Gasteiger partial charge in [-0.1, -0.05) is 11.6 Å². The van der Waals surface area contributed by atoms with Crippen LogP contribution >= 0.6 is 18.7 Å². The second kappa shape index (κ2) is 8.68. The van der Waals surface area contributed by atoms with Crippen LogP contribution < -0.4 is 25.4 Å². The Hall–Kier alpha value is -2.83. The number of rotatable bonds is 7. The molecule has 0 atom stereocenters. The van der Waals surface area contributed by atoms with Crippen molar-refractivity contribution >= 4 is 47.2 Å². The first-order chi connectivity index (χ1) is 13.8. The molecule has 3 aromatic rings. The summed E-state index contributed by atoms with van der Waals surface area (Å²) in [5, 5.41) is 7.36. The topological polar surface area (TPSA) is 98.3 Å². The number of methoxy groups -OCH3 is 2. The van der Waals surface area contributed by atoms with Crippen molar-refractivity contribution in [3.8, 4) is 11.8 Å². The molecule has 2 aromatic heterocycles. The number of nitrogens with zero attached hydrogens (tertiary/aromatic N) is 3. The highest BCUT2D eigenvalue weighted by molar-refractivity contribution is 7.70. The number of hydrogen-bond acceptors (Lipinski definition) is 8. The summed E-state index contributed by atoms with van der Waals surface area (Å²) in [6.07, 6.45) is 1.49. The van der Waals surface area contributed by atoms with Crippen molar-refractivity contribution in [2.75, 3.05) is 38.2 Å². The van der Waals surface area contributed by atoms with E-state index in [2.05, 4.69) is 25.6 Å². The standard InChI is InChI=1S/C19H21ClN5O3P/c1-27-16-10-9-15(18(24-16)28-2)23-19-21-11-14(20)17(25-19)22-12-5-7-13(8-6-12)29(3,4)26/h5-11H,1-4H3,(H2,21,22,23,25). The number of anilines is 4. The van der Waals surface area contributed by atoms with Gasteiger partial charge in [-0.05, 0) is 43.7 Å². The van der Waals surface area contributed by atoms with Crippen molar-refractivity contribution in [3.05, 3.63) is 47.6 Å². The fourth-order valence-electron chi connectivity index (χ4n) is 2.46. The van der Waals surface area contributed by atoms with Crippen LogP contribution in [0.2, 0.25) is 5.02 Å². The number of aromatic nitrogens is 3. The molecule has 3 rings (SSSR count). The Bertz CT molecular complexity index is 1060. The van der Waals surface area contributed by atoms with Gasteiger partial charge in [0.25, 0.3) is 0 Å². The van der Waals surface area contributed by atoms with Crippen LogP contribution in [0.3, 0.4) is 0 Å². The zero-order valence-corrected chi connectivity index (χ0v) is 18.1. The Balaban J connectivity index is 1.82. The third-order valence-electron chi connectivity index (χ3n) is 3.98. The highest BCUT2D eigenvalue weighted by Gasteiger charge is 2.13. The van der Waals surface area contributed by atoms with Gasteiger partial charge >= 0.3 is 0 Å². The predicted molar refractivity (Wildman–Crippen MR) is 116 cm³/mol. The molecule has 0 fully saturated rings. The van der Waals surface area contributed by atoms with Gasteiger partial charge < -0.3 is 24.7 Å². The number of halogens is 1. The summed E-state index contributed by atoms with van der Waals surface area (Å²) in [6, 6.07) is 10.8. The summed E-state index contributed by atoms with van der Waals surface area (Å²) >= 11 is 6.24.